The highest BCUT2D eigenvalue weighted by Gasteiger charge is 2.33. The number of carbonyl (C=O) groups excluding carboxylic acids is 1. The van der Waals surface area contributed by atoms with Crippen LogP contribution < -0.4 is 14.4 Å². The molecule has 0 aliphatic heterocycles. The third-order valence-electron chi connectivity index (χ3n) is 3.67. The van der Waals surface area contributed by atoms with Crippen molar-refractivity contribution in [3.8, 4) is 5.75 Å². The lowest BCUT2D eigenvalue weighted by Gasteiger charge is -2.24. The second-order valence-corrected chi connectivity index (χ2v) is 8.55. The normalized spacial score (nSPS) is 11.8. The molecule has 0 bridgehead atoms. The zero-order valence-electron chi connectivity index (χ0n) is 15.0. The number of anilines is 2. The third-order valence-corrected chi connectivity index (χ3v) is 5.41. The Kier molecular flexibility index (Phi) is 6.92. The van der Waals surface area contributed by atoms with Gasteiger partial charge in [0.15, 0.2) is 0 Å². The number of sulfonamides is 1. The van der Waals surface area contributed by atoms with Gasteiger partial charge < -0.3 is 10.1 Å². The highest BCUT2D eigenvalue weighted by atomic mass is 35.5. The number of benzene rings is 2. The van der Waals surface area contributed by atoms with Crippen LogP contribution in [0.15, 0.2) is 36.4 Å². The summed E-state index contributed by atoms with van der Waals surface area (Å²) in [5, 5.41) is 2.36. The van der Waals surface area contributed by atoms with E-state index in [4.69, 9.17) is 27.9 Å². The number of ether oxygens (including phenoxy) is 1. The fourth-order valence-corrected chi connectivity index (χ4v) is 3.72. The molecule has 12 heteroatoms. The van der Waals surface area contributed by atoms with E-state index >= 15 is 0 Å². The summed E-state index contributed by atoms with van der Waals surface area (Å²) in [5.74, 6) is -0.455. The quantitative estimate of drug-likeness (QED) is 0.677. The number of hydrogen-bond donors (Lipinski definition) is 1. The highest BCUT2D eigenvalue weighted by Crippen LogP contribution is 2.36. The van der Waals surface area contributed by atoms with Crippen LogP contribution in [-0.2, 0) is 21.0 Å². The maximum absolute atomic E-state index is 13.0. The van der Waals surface area contributed by atoms with Crippen LogP contribution in [0.2, 0.25) is 10.0 Å². The van der Waals surface area contributed by atoms with Crippen LogP contribution in [0.5, 0.6) is 5.75 Å². The van der Waals surface area contributed by atoms with E-state index in [-0.39, 0.29) is 15.7 Å². The van der Waals surface area contributed by atoms with Gasteiger partial charge in [-0.25, -0.2) is 8.42 Å². The molecule has 2 aromatic carbocycles. The van der Waals surface area contributed by atoms with Crippen molar-refractivity contribution in [3.05, 3.63) is 52.0 Å². The van der Waals surface area contributed by atoms with Crippen LogP contribution in [0.4, 0.5) is 24.5 Å². The molecule has 0 aliphatic carbocycles. The maximum Gasteiger partial charge on any atom is 0.416 e. The van der Waals surface area contributed by atoms with Crippen molar-refractivity contribution in [2.75, 3.05) is 29.5 Å². The van der Waals surface area contributed by atoms with Gasteiger partial charge in [0.1, 0.15) is 12.3 Å². The van der Waals surface area contributed by atoms with Gasteiger partial charge in [0.2, 0.25) is 15.9 Å². The Morgan fingerprint density at radius 2 is 1.79 bits per heavy atom. The van der Waals surface area contributed by atoms with Gasteiger partial charge in [0.25, 0.3) is 0 Å². The number of halogens is 5. The van der Waals surface area contributed by atoms with Crippen molar-refractivity contribution < 1.29 is 31.1 Å². The first-order valence-electron chi connectivity index (χ1n) is 7.81. The molecular formula is C17H15Cl2F3N2O4S. The summed E-state index contributed by atoms with van der Waals surface area (Å²) in [5.41, 5.74) is -1.33. The van der Waals surface area contributed by atoms with Gasteiger partial charge in [0, 0.05) is 5.69 Å². The van der Waals surface area contributed by atoms with Crippen LogP contribution in [0.1, 0.15) is 5.56 Å². The molecular weight excluding hydrogens is 456 g/mol. The molecule has 29 heavy (non-hydrogen) atoms. The lowest BCUT2D eigenvalue weighted by atomic mass is 10.2. The number of hydrogen-bond acceptors (Lipinski definition) is 4. The molecule has 0 unspecified atom stereocenters. The molecule has 0 heterocycles. The van der Waals surface area contributed by atoms with Crippen molar-refractivity contribution >= 4 is 50.5 Å². The van der Waals surface area contributed by atoms with Crippen LogP contribution in [-0.4, -0.2) is 34.2 Å². The molecule has 158 valence electrons. The Labute approximate surface area is 175 Å². The number of methoxy groups -OCH3 is 1. The van der Waals surface area contributed by atoms with E-state index in [0.29, 0.717) is 22.2 Å². The summed E-state index contributed by atoms with van der Waals surface area (Å²) >= 11 is 11.9. The zero-order valence-corrected chi connectivity index (χ0v) is 17.4. The first-order valence-corrected chi connectivity index (χ1v) is 10.4. The third kappa shape index (κ3) is 5.91. The van der Waals surface area contributed by atoms with Crippen molar-refractivity contribution in [1.82, 2.24) is 0 Å². The van der Waals surface area contributed by atoms with E-state index in [0.717, 1.165) is 12.3 Å². The Hall–Kier alpha value is -2.17. The van der Waals surface area contributed by atoms with E-state index < -0.39 is 39.9 Å². The number of nitrogens with zero attached hydrogens (tertiary/aromatic N) is 1. The first-order chi connectivity index (χ1) is 13.3. The second kappa shape index (κ2) is 8.68. The Bertz CT molecular complexity index is 1030. The van der Waals surface area contributed by atoms with Gasteiger partial charge in [0.05, 0.1) is 34.7 Å². The average molecular weight is 471 g/mol. The fraction of sp³-hybridized carbons (Fsp3) is 0.235. The monoisotopic (exact) mass is 470 g/mol. The topological polar surface area (TPSA) is 75.7 Å². The molecule has 0 aromatic heterocycles. The molecule has 0 saturated carbocycles. The van der Waals surface area contributed by atoms with Crippen LogP contribution >= 0.6 is 23.2 Å². The largest absolute Gasteiger partial charge is 0.495 e. The van der Waals surface area contributed by atoms with E-state index in [1.807, 2.05) is 0 Å². The first kappa shape index (κ1) is 23.1. The van der Waals surface area contributed by atoms with Gasteiger partial charge in [-0.1, -0.05) is 23.2 Å². The minimum atomic E-state index is -4.72. The average Bonchev–Trinajstić information content (AvgIpc) is 2.58. The standard InChI is InChI=1S/C17H15Cl2F3N2O4S/c1-28-15-6-4-11(8-13(15)19)23-16(25)9-24(29(2,26)27)14-7-10(17(20,21)22)3-5-12(14)18/h3-8H,9H2,1-2H3,(H,23,25). The minimum Gasteiger partial charge on any atom is -0.495 e. The van der Waals surface area contributed by atoms with Gasteiger partial charge in [-0.2, -0.15) is 13.2 Å². The van der Waals surface area contributed by atoms with Crippen LogP contribution in [0.3, 0.4) is 0 Å². The van der Waals surface area contributed by atoms with Gasteiger partial charge in [-0.3, -0.25) is 9.10 Å². The SMILES string of the molecule is COc1ccc(NC(=O)CN(c2cc(C(F)(F)F)ccc2Cl)S(C)(=O)=O)cc1Cl. The predicted molar refractivity (Wildman–Crippen MR) is 105 cm³/mol. The molecule has 0 atom stereocenters. The van der Waals surface area contributed by atoms with Gasteiger partial charge >= 0.3 is 6.18 Å². The minimum absolute atomic E-state index is 0.200. The predicted octanol–water partition coefficient (Wildman–Crippen LogP) is 4.43. The molecule has 0 fully saturated rings. The molecule has 0 spiro atoms. The summed E-state index contributed by atoms with van der Waals surface area (Å²) in [6.45, 7) is -0.802. The van der Waals surface area contributed by atoms with Crippen molar-refractivity contribution in [2.24, 2.45) is 0 Å². The smallest absolute Gasteiger partial charge is 0.416 e. The summed E-state index contributed by atoms with van der Waals surface area (Å²) in [7, 11) is -2.73. The summed E-state index contributed by atoms with van der Waals surface area (Å²) in [6.07, 6.45) is -3.97. The molecule has 0 aliphatic rings. The Morgan fingerprint density at radius 1 is 1.14 bits per heavy atom. The molecule has 6 nitrogen and oxygen atoms in total. The number of rotatable bonds is 6. The van der Waals surface area contributed by atoms with Gasteiger partial charge in [-0.05, 0) is 36.4 Å². The van der Waals surface area contributed by atoms with Gasteiger partial charge in [-0.15, -0.1) is 0 Å². The van der Waals surface area contributed by atoms with Crippen LogP contribution in [0.25, 0.3) is 0 Å². The van der Waals surface area contributed by atoms with Crippen molar-refractivity contribution in [2.45, 2.75) is 6.18 Å². The van der Waals surface area contributed by atoms with E-state index in [1.54, 1.807) is 0 Å². The number of amides is 1. The Morgan fingerprint density at radius 3 is 2.31 bits per heavy atom. The van der Waals surface area contributed by atoms with E-state index in [1.165, 1.54) is 25.3 Å². The molecule has 2 rings (SSSR count). The molecule has 1 amide bonds. The number of nitrogens with one attached hydrogen (secondary N) is 1. The molecule has 0 radical (unpaired) electrons. The Balaban J connectivity index is 2.33. The lowest BCUT2D eigenvalue weighted by Crippen LogP contribution is -2.37. The summed E-state index contributed by atoms with van der Waals surface area (Å²) < 4.78 is 68.7. The van der Waals surface area contributed by atoms with Crippen LogP contribution in [0, 0.1) is 0 Å². The zero-order chi connectivity index (χ0) is 22.0. The van der Waals surface area contributed by atoms with Crippen molar-refractivity contribution in [1.29, 1.82) is 0 Å². The maximum atomic E-state index is 13.0. The lowest BCUT2D eigenvalue weighted by molar-refractivity contribution is -0.137. The fourth-order valence-electron chi connectivity index (χ4n) is 2.34. The number of carbonyl (C=O) groups is 1. The summed E-state index contributed by atoms with van der Waals surface area (Å²) in [6, 6.07) is 6.52. The van der Waals surface area contributed by atoms with E-state index in [9.17, 15) is 26.4 Å². The molecule has 1 N–H and O–H groups in total. The highest BCUT2D eigenvalue weighted by molar-refractivity contribution is 7.92. The van der Waals surface area contributed by atoms with E-state index in [2.05, 4.69) is 5.32 Å². The summed E-state index contributed by atoms with van der Waals surface area (Å²) in [4.78, 5) is 12.3. The molecule has 2 aromatic rings. The second-order valence-electron chi connectivity index (χ2n) is 5.83. The molecule has 0 saturated heterocycles. The van der Waals surface area contributed by atoms with Crippen molar-refractivity contribution in [3.63, 3.8) is 0 Å². The number of alkyl halides is 3.